The maximum absolute atomic E-state index is 11.1. The fourth-order valence-electron chi connectivity index (χ4n) is 2.72. The average molecular weight is 352 g/mol. The van der Waals surface area contributed by atoms with Crippen molar-refractivity contribution in [3.63, 3.8) is 0 Å². The van der Waals surface area contributed by atoms with Gasteiger partial charge in [0.15, 0.2) is 0 Å². The molecular formula is C20H20N2O4. The van der Waals surface area contributed by atoms with E-state index in [9.17, 15) is 4.79 Å². The molecule has 1 aromatic heterocycles. The molecule has 0 aliphatic heterocycles. The summed E-state index contributed by atoms with van der Waals surface area (Å²) in [5, 5.41) is 15.8. The molecule has 0 bridgehead atoms. The van der Waals surface area contributed by atoms with E-state index in [-0.39, 0.29) is 5.69 Å². The summed E-state index contributed by atoms with van der Waals surface area (Å²) in [7, 11) is 0. The molecule has 0 unspecified atom stereocenters. The first-order valence-electron chi connectivity index (χ1n) is 8.42. The Labute approximate surface area is 151 Å². The number of rotatable bonds is 7. The molecule has 0 aliphatic rings. The van der Waals surface area contributed by atoms with Crippen molar-refractivity contribution in [1.82, 2.24) is 10.2 Å². The van der Waals surface area contributed by atoms with Crippen molar-refractivity contribution in [3.05, 3.63) is 54.2 Å². The highest BCUT2D eigenvalue weighted by Crippen LogP contribution is 2.40. The number of carbonyl (C=O) groups is 1. The van der Waals surface area contributed by atoms with Gasteiger partial charge in [-0.05, 0) is 37.6 Å². The Kier molecular flexibility index (Phi) is 5.22. The minimum absolute atomic E-state index is 0.0209. The lowest BCUT2D eigenvalue weighted by atomic mass is 10.00. The van der Waals surface area contributed by atoms with Crippen LogP contribution in [0.2, 0.25) is 0 Å². The molecule has 6 nitrogen and oxygen atoms in total. The molecule has 0 spiro atoms. The van der Waals surface area contributed by atoms with Crippen molar-refractivity contribution in [1.29, 1.82) is 0 Å². The SMILES string of the molecule is CCOc1cc(-c2cc(C(=O)O)[nH]n2)c(OCC)cc1-c1ccccc1. The minimum atomic E-state index is -1.06. The molecule has 3 aromatic rings. The molecule has 6 heteroatoms. The average Bonchev–Trinajstić information content (AvgIpc) is 3.14. The number of nitrogens with zero attached hydrogens (tertiary/aromatic N) is 1. The molecule has 2 aromatic carbocycles. The predicted molar refractivity (Wildman–Crippen MR) is 98.8 cm³/mol. The van der Waals surface area contributed by atoms with Crippen LogP contribution in [0, 0.1) is 0 Å². The number of H-pyrrole nitrogens is 1. The quantitative estimate of drug-likeness (QED) is 0.664. The molecule has 0 aliphatic carbocycles. The summed E-state index contributed by atoms with van der Waals surface area (Å²) < 4.78 is 11.6. The second kappa shape index (κ2) is 7.74. The third-order valence-electron chi connectivity index (χ3n) is 3.85. The smallest absolute Gasteiger partial charge is 0.353 e. The van der Waals surface area contributed by atoms with Crippen LogP contribution >= 0.6 is 0 Å². The first kappa shape index (κ1) is 17.5. The first-order chi connectivity index (χ1) is 12.6. The van der Waals surface area contributed by atoms with Crippen LogP contribution in [0.15, 0.2) is 48.5 Å². The van der Waals surface area contributed by atoms with Crippen molar-refractivity contribution in [2.75, 3.05) is 13.2 Å². The number of ether oxygens (including phenoxy) is 2. The number of carboxylic acids is 1. The zero-order valence-corrected chi connectivity index (χ0v) is 14.7. The largest absolute Gasteiger partial charge is 0.493 e. The Morgan fingerprint density at radius 1 is 1.00 bits per heavy atom. The summed E-state index contributed by atoms with van der Waals surface area (Å²) in [6.45, 7) is 4.80. The first-order valence-corrected chi connectivity index (χ1v) is 8.42. The van der Waals surface area contributed by atoms with Crippen molar-refractivity contribution < 1.29 is 19.4 Å². The van der Waals surface area contributed by atoms with Gasteiger partial charge in [-0.1, -0.05) is 30.3 Å². The van der Waals surface area contributed by atoms with Gasteiger partial charge in [-0.25, -0.2) is 4.79 Å². The van der Waals surface area contributed by atoms with Crippen LogP contribution in [-0.2, 0) is 0 Å². The monoisotopic (exact) mass is 352 g/mol. The summed E-state index contributed by atoms with van der Waals surface area (Å²) in [4.78, 5) is 11.1. The maximum Gasteiger partial charge on any atom is 0.353 e. The number of carboxylic acid groups (broad SMARTS) is 1. The van der Waals surface area contributed by atoms with E-state index in [1.165, 1.54) is 6.07 Å². The zero-order valence-electron chi connectivity index (χ0n) is 14.7. The lowest BCUT2D eigenvalue weighted by Crippen LogP contribution is -1.99. The highest BCUT2D eigenvalue weighted by Gasteiger charge is 2.18. The van der Waals surface area contributed by atoms with Crippen LogP contribution in [0.5, 0.6) is 11.5 Å². The van der Waals surface area contributed by atoms with Gasteiger partial charge in [0.05, 0.1) is 18.9 Å². The number of nitrogens with one attached hydrogen (secondary N) is 1. The topological polar surface area (TPSA) is 84.4 Å². The molecule has 0 fully saturated rings. The molecule has 0 amide bonds. The third-order valence-corrected chi connectivity index (χ3v) is 3.85. The van der Waals surface area contributed by atoms with Crippen LogP contribution in [-0.4, -0.2) is 34.5 Å². The molecule has 26 heavy (non-hydrogen) atoms. The van der Waals surface area contributed by atoms with E-state index in [2.05, 4.69) is 10.2 Å². The summed E-state index contributed by atoms with van der Waals surface area (Å²) in [5.74, 6) is 0.253. The molecule has 1 heterocycles. The molecule has 0 atom stereocenters. The van der Waals surface area contributed by atoms with E-state index in [1.807, 2.05) is 56.3 Å². The van der Waals surface area contributed by atoms with Crippen LogP contribution in [0.1, 0.15) is 24.3 Å². The lowest BCUT2D eigenvalue weighted by molar-refractivity contribution is 0.0690. The zero-order chi connectivity index (χ0) is 18.5. The van der Waals surface area contributed by atoms with Crippen molar-refractivity contribution >= 4 is 5.97 Å². The molecule has 2 N–H and O–H groups in total. The van der Waals surface area contributed by atoms with E-state index < -0.39 is 5.97 Å². The van der Waals surface area contributed by atoms with Crippen molar-refractivity contribution in [2.45, 2.75) is 13.8 Å². The minimum Gasteiger partial charge on any atom is -0.493 e. The molecule has 3 rings (SSSR count). The van der Waals surface area contributed by atoms with Crippen LogP contribution in [0.4, 0.5) is 0 Å². The predicted octanol–water partition coefficient (Wildman–Crippen LogP) is 4.24. The fraction of sp³-hybridized carbons (Fsp3) is 0.200. The second-order valence-electron chi connectivity index (χ2n) is 5.55. The van der Waals surface area contributed by atoms with Gasteiger partial charge in [0.1, 0.15) is 17.2 Å². The van der Waals surface area contributed by atoms with Gasteiger partial charge in [0.2, 0.25) is 0 Å². The highest BCUT2D eigenvalue weighted by atomic mass is 16.5. The number of benzene rings is 2. The number of hydrogen-bond donors (Lipinski definition) is 2. The van der Waals surface area contributed by atoms with Gasteiger partial charge in [-0.15, -0.1) is 0 Å². The van der Waals surface area contributed by atoms with E-state index in [0.717, 1.165) is 11.1 Å². The lowest BCUT2D eigenvalue weighted by Gasteiger charge is -2.16. The molecule has 0 radical (unpaired) electrons. The molecular weight excluding hydrogens is 332 g/mol. The summed E-state index contributed by atoms with van der Waals surface area (Å²) in [6.07, 6.45) is 0. The summed E-state index contributed by atoms with van der Waals surface area (Å²) >= 11 is 0. The van der Waals surface area contributed by atoms with Gasteiger partial charge in [0.25, 0.3) is 0 Å². The highest BCUT2D eigenvalue weighted by molar-refractivity contribution is 5.88. The van der Waals surface area contributed by atoms with Gasteiger partial charge >= 0.3 is 5.97 Å². The van der Waals surface area contributed by atoms with Gasteiger partial charge < -0.3 is 14.6 Å². The Balaban J connectivity index is 2.17. The Morgan fingerprint density at radius 3 is 2.19 bits per heavy atom. The fourth-order valence-corrected chi connectivity index (χ4v) is 2.72. The number of aromatic carboxylic acids is 1. The van der Waals surface area contributed by atoms with E-state index >= 15 is 0 Å². The van der Waals surface area contributed by atoms with Crippen LogP contribution < -0.4 is 9.47 Å². The number of aromatic amines is 1. The van der Waals surface area contributed by atoms with E-state index in [4.69, 9.17) is 14.6 Å². The number of aromatic nitrogens is 2. The summed E-state index contributed by atoms with van der Waals surface area (Å²) in [6, 6.07) is 15.1. The molecule has 0 saturated carbocycles. The van der Waals surface area contributed by atoms with E-state index in [0.29, 0.717) is 36.0 Å². The van der Waals surface area contributed by atoms with E-state index in [1.54, 1.807) is 0 Å². The number of hydrogen-bond acceptors (Lipinski definition) is 4. The van der Waals surface area contributed by atoms with Gasteiger partial charge in [-0.2, -0.15) is 5.10 Å². The van der Waals surface area contributed by atoms with Gasteiger partial charge in [0, 0.05) is 11.1 Å². The second-order valence-corrected chi connectivity index (χ2v) is 5.55. The Bertz CT molecular complexity index is 903. The van der Waals surface area contributed by atoms with Gasteiger partial charge in [-0.3, -0.25) is 5.10 Å². The standard InChI is InChI=1S/C20H20N2O4/c1-3-25-18-11-15(16-12-17(20(23)24)22-21-16)19(26-4-2)10-14(18)13-8-6-5-7-9-13/h5-12H,3-4H2,1-2H3,(H,21,22)(H,23,24). The van der Waals surface area contributed by atoms with Crippen molar-refractivity contribution in [2.24, 2.45) is 0 Å². The molecule has 0 saturated heterocycles. The maximum atomic E-state index is 11.1. The molecule has 134 valence electrons. The Hall–Kier alpha value is -3.28. The van der Waals surface area contributed by atoms with Crippen LogP contribution in [0.25, 0.3) is 22.4 Å². The Morgan fingerprint density at radius 2 is 1.62 bits per heavy atom. The van der Waals surface area contributed by atoms with Crippen LogP contribution in [0.3, 0.4) is 0 Å². The third kappa shape index (κ3) is 3.54. The normalized spacial score (nSPS) is 10.5. The van der Waals surface area contributed by atoms with Crippen molar-refractivity contribution in [3.8, 4) is 33.9 Å². The summed E-state index contributed by atoms with van der Waals surface area (Å²) in [5.41, 5.74) is 3.11.